The van der Waals surface area contributed by atoms with Crippen molar-refractivity contribution in [2.45, 2.75) is 26.3 Å². The molecule has 1 aliphatic rings. The number of carbonyl (C=O) groups is 3. The average Bonchev–Trinajstić information content (AvgIpc) is 2.87. The van der Waals surface area contributed by atoms with Gasteiger partial charge in [0.15, 0.2) is 5.78 Å². The minimum atomic E-state index is -0.860. The van der Waals surface area contributed by atoms with E-state index in [0.717, 1.165) is 5.56 Å². The molecular formula is C21H21NO4. The van der Waals surface area contributed by atoms with E-state index in [1.165, 1.54) is 4.90 Å². The van der Waals surface area contributed by atoms with E-state index < -0.39 is 5.54 Å². The average molecular weight is 351 g/mol. The van der Waals surface area contributed by atoms with Gasteiger partial charge >= 0.3 is 0 Å². The monoisotopic (exact) mass is 351 g/mol. The highest BCUT2D eigenvalue weighted by molar-refractivity contribution is 6.21. The summed E-state index contributed by atoms with van der Waals surface area (Å²) in [7, 11) is 0. The first kappa shape index (κ1) is 18.0. The number of Topliss-reactive ketones (excluding diaryl/α,β-unsaturated/α-hetero) is 1. The molecule has 3 rings (SSSR count). The van der Waals surface area contributed by atoms with Gasteiger partial charge in [-0.3, -0.25) is 19.3 Å². The highest BCUT2D eigenvalue weighted by Crippen LogP contribution is 2.29. The van der Waals surface area contributed by atoms with Crippen LogP contribution < -0.4 is 0 Å². The fourth-order valence-electron chi connectivity index (χ4n) is 3.02. The lowest BCUT2D eigenvalue weighted by Crippen LogP contribution is -2.50. The number of ether oxygens (including phenoxy) is 1. The van der Waals surface area contributed by atoms with Gasteiger partial charge in [0, 0.05) is 5.56 Å². The Morgan fingerprint density at radius 2 is 1.50 bits per heavy atom. The van der Waals surface area contributed by atoms with Crippen molar-refractivity contribution >= 4 is 17.6 Å². The first-order valence-electron chi connectivity index (χ1n) is 8.47. The molecule has 0 atom stereocenters. The minimum absolute atomic E-state index is 0.0794. The number of carbonyl (C=O) groups excluding carboxylic acids is 3. The van der Waals surface area contributed by atoms with Crippen molar-refractivity contribution in [1.82, 2.24) is 4.90 Å². The van der Waals surface area contributed by atoms with Gasteiger partial charge in [-0.15, -0.1) is 0 Å². The molecule has 1 aliphatic heterocycles. The lowest BCUT2D eigenvalue weighted by molar-refractivity contribution is 0.0179. The molecule has 5 nitrogen and oxygen atoms in total. The molecule has 0 radical (unpaired) electrons. The quantitative estimate of drug-likeness (QED) is 0.592. The summed E-state index contributed by atoms with van der Waals surface area (Å²) < 4.78 is 5.56. The maximum atomic E-state index is 12.6. The third-order valence-electron chi connectivity index (χ3n) is 4.46. The van der Waals surface area contributed by atoms with Crippen LogP contribution in [0.15, 0.2) is 48.5 Å². The summed E-state index contributed by atoms with van der Waals surface area (Å²) in [4.78, 5) is 38.6. The van der Waals surface area contributed by atoms with Crippen LogP contribution >= 0.6 is 0 Å². The van der Waals surface area contributed by atoms with E-state index in [4.69, 9.17) is 4.74 Å². The molecule has 26 heavy (non-hydrogen) atoms. The van der Waals surface area contributed by atoms with Gasteiger partial charge in [-0.1, -0.05) is 42.0 Å². The van der Waals surface area contributed by atoms with Crippen LogP contribution in [0, 0.1) is 6.92 Å². The Bertz CT molecular complexity index is 833. The molecule has 134 valence electrons. The van der Waals surface area contributed by atoms with Crippen LogP contribution in [0.2, 0.25) is 0 Å². The maximum absolute atomic E-state index is 12.6. The number of nitrogens with zero attached hydrogens (tertiary/aromatic N) is 1. The van der Waals surface area contributed by atoms with Gasteiger partial charge in [0.2, 0.25) is 0 Å². The van der Waals surface area contributed by atoms with E-state index in [1.54, 1.807) is 50.2 Å². The summed E-state index contributed by atoms with van der Waals surface area (Å²) in [5.41, 5.74) is 1.60. The summed E-state index contributed by atoms with van der Waals surface area (Å²) in [6, 6.07) is 14.0. The second-order valence-corrected chi connectivity index (χ2v) is 7.09. The molecule has 5 heteroatoms. The van der Waals surface area contributed by atoms with E-state index >= 15 is 0 Å². The third kappa shape index (κ3) is 3.30. The van der Waals surface area contributed by atoms with E-state index in [9.17, 15) is 14.4 Å². The maximum Gasteiger partial charge on any atom is 0.262 e. The Labute approximate surface area is 152 Å². The predicted molar refractivity (Wildman–Crippen MR) is 97.3 cm³/mol. The molecule has 2 amide bonds. The van der Waals surface area contributed by atoms with Gasteiger partial charge in [-0.05, 0) is 32.9 Å². The number of hydrogen-bond donors (Lipinski definition) is 0. The SMILES string of the molecule is Cc1ccc(C(=O)COCC(C)(C)N2C(=O)c3ccccc3C2=O)cc1. The van der Waals surface area contributed by atoms with Crippen molar-refractivity contribution in [1.29, 1.82) is 0 Å². The summed E-state index contributed by atoms with van der Waals surface area (Å²) in [6.07, 6.45) is 0. The predicted octanol–water partition coefficient (Wildman–Crippen LogP) is 3.27. The number of ketones is 1. The third-order valence-corrected chi connectivity index (χ3v) is 4.46. The van der Waals surface area contributed by atoms with Crippen molar-refractivity contribution < 1.29 is 19.1 Å². The van der Waals surface area contributed by atoms with E-state index in [2.05, 4.69) is 0 Å². The molecule has 0 aromatic heterocycles. The topological polar surface area (TPSA) is 63.7 Å². The van der Waals surface area contributed by atoms with Crippen molar-refractivity contribution in [2.24, 2.45) is 0 Å². The second-order valence-electron chi connectivity index (χ2n) is 7.09. The van der Waals surface area contributed by atoms with Crippen LogP contribution in [-0.4, -0.2) is 41.3 Å². The zero-order chi connectivity index (χ0) is 18.9. The molecule has 0 fully saturated rings. The van der Waals surface area contributed by atoms with Crippen molar-refractivity contribution in [3.8, 4) is 0 Å². The van der Waals surface area contributed by atoms with Gasteiger partial charge in [-0.25, -0.2) is 0 Å². The van der Waals surface area contributed by atoms with Crippen LogP contribution in [0.25, 0.3) is 0 Å². The van der Waals surface area contributed by atoms with E-state index in [-0.39, 0.29) is 30.8 Å². The van der Waals surface area contributed by atoms with E-state index in [1.807, 2.05) is 19.1 Å². The van der Waals surface area contributed by atoms with Crippen LogP contribution in [0.3, 0.4) is 0 Å². The number of rotatable bonds is 6. The Balaban J connectivity index is 1.64. The van der Waals surface area contributed by atoms with Gasteiger partial charge in [-0.2, -0.15) is 0 Å². The van der Waals surface area contributed by atoms with Gasteiger partial charge in [0.05, 0.1) is 23.3 Å². The first-order chi connectivity index (χ1) is 12.3. The number of aryl methyl sites for hydroxylation is 1. The smallest absolute Gasteiger partial charge is 0.262 e. The van der Waals surface area contributed by atoms with Crippen LogP contribution in [-0.2, 0) is 4.74 Å². The molecule has 0 bridgehead atoms. The Hall–Kier alpha value is -2.79. The lowest BCUT2D eigenvalue weighted by Gasteiger charge is -2.33. The van der Waals surface area contributed by atoms with Gasteiger partial charge < -0.3 is 4.74 Å². The first-order valence-corrected chi connectivity index (χ1v) is 8.47. The standard InChI is InChI=1S/C21H21NO4/c1-14-8-10-15(11-9-14)18(23)12-26-13-21(2,3)22-19(24)16-6-4-5-7-17(16)20(22)25/h4-11H,12-13H2,1-3H3. The van der Waals surface area contributed by atoms with E-state index in [0.29, 0.717) is 16.7 Å². The van der Waals surface area contributed by atoms with Crippen LogP contribution in [0.1, 0.15) is 50.5 Å². The fourth-order valence-corrected chi connectivity index (χ4v) is 3.02. The van der Waals surface area contributed by atoms with Crippen molar-refractivity contribution in [3.05, 3.63) is 70.8 Å². The number of fused-ring (bicyclic) bond motifs is 1. The minimum Gasteiger partial charge on any atom is -0.371 e. The molecule has 0 saturated heterocycles. The second kappa shape index (κ2) is 6.84. The van der Waals surface area contributed by atoms with Crippen molar-refractivity contribution in [2.75, 3.05) is 13.2 Å². The number of benzene rings is 2. The Morgan fingerprint density at radius 1 is 0.962 bits per heavy atom. The zero-order valence-corrected chi connectivity index (χ0v) is 15.1. The molecule has 2 aromatic carbocycles. The summed E-state index contributed by atoms with van der Waals surface area (Å²) >= 11 is 0. The highest BCUT2D eigenvalue weighted by Gasteiger charge is 2.44. The summed E-state index contributed by atoms with van der Waals surface area (Å²) in [6.45, 7) is 5.44. The summed E-state index contributed by atoms with van der Waals surface area (Å²) in [5, 5.41) is 0. The highest BCUT2D eigenvalue weighted by atomic mass is 16.5. The molecule has 0 spiro atoms. The van der Waals surface area contributed by atoms with Gasteiger partial charge in [0.25, 0.3) is 11.8 Å². The molecule has 0 N–H and O–H groups in total. The zero-order valence-electron chi connectivity index (χ0n) is 15.1. The van der Waals surface area contributed by atoms with Crippen LogP contribution in [0.4, 0.5) is 0 Å². The van der Waals surface area contributed by atoms with Crippen LogP contribution in [0.5, 0.6) is 0 Å². The molecule has 1 heterocycles. The molecule has 0 aliphatic carbocycles. The molecular weight excluding hydrogens is 330 g/mol. The fraction of sp³-hybridized carbons (Fsp3) is 0.286. The van der Waals surface area contributed by atoms with Crippen molar-refractivity contribution in [3.63, 3.8) is 0 Å². The lowest BCUT2D eigenvalue weighted by atomic mass is 10.0. The molecule has 2 aromatic rings. The molecule has 0 saturated carbocycles. The number of imide groups is 1. The molecule has 0 unspecified atom stereocenters. The summed E-state index contributed by atoms with van der Waals surface area (Å²) in [5.74, 6) is -0.795. The normalized spacial score (nSPS) is 13.9. The van der Waals surface area contributed by atoms with Gasteiger partial charge in [0.1, 0.15) is 6.61 Å². The Kier molecular flexibility index (Phi) is 4.74. The number of hydrogen-bond acceptors (Lipinski definition) is 4. The largest absolute Gasteiger partial charge is 0.371 e. The Morgan fingerprint density at radius 3 is 2.04 bits per heavy atom. The number of amides is 2.